The van der Waals surface area contributed by atoms with Crippen LogP contribution in [0.25, 0.3) is 0 Å². The summed E-state index contributed by atoms with van der Waals surface area (Å²) in [7, 11) is 1.28. The van der Waals surface area contributed by atoms with Gasteiger partial charge in [-0.25, -0.2) is 4.79 Å². The molecule has 0 aliphatic heterocycles. The zero-order chi connectivity index (χ0) is 13.1. The molecular formula is C11H22N2O3. The van der Waals surface area contributed by atoms with Gasteiger partial charge in [0.05, 0.1) is 13.2 Å². The van der Waals surface area contributed by atoms with Crippen LogP contribution in [0.15, 0.2) is 0 Å². The second-order valence-electron chi connectivity index (χ2n) is 5.45. The normalized spacial score (nSPS) is 14.2. The predicted octanol–water partition coefficient (Wildman–Crippen LogP) is 0.428. The summed E-state index contributed by atoms with van der Waals surface area (Å²) in [5.74, 6) is -0.857. The van der Waals surface area contributed by atoms with E-state index >= 15 is 0 Å². The van der Waals surface area contributed by atoms with Crippen molar-refractivity contribution in [2.45, 2.75) is 46.2 Å². The van der Waals surface area contributed by atoms with Gasteiger partial charge in [0.1, 0.15) is 5.54 Å². The Labute approximate surface area is 96.7 Å². The van der Waals surface area contributed by atoms with Crippen LogP contribution in [0.4, 0.5) is 0 Å². The van der Waals surface area contributed by atoms with Crippen molar-refractivity contribution in [1.29, 1.82) is 0 Å². The molecule has 0 saturated carbocycles. The monoisotopic (exact) mass is 230 g/mol. The lowest BCUT2D eigenvalue weighted by Gasteiger charge is -2.30. The van der Waals surface area contributed by atoms with E-state index in [0.717, 1.165) is 0 Å². The van der Waals surface area contributed by atoms with E-state index in [1.54, 1.807) is 13.8 Å². The maximum atomic E-state index is 11.8. The molecule has 0 aromatic carbocycles. The second-order valence-corrected chi connectivity index (χ2v) is 5.45. The molecule has 1 amide bonds. The number of carbonyl (C=O) groups excluding carboxylic acids is 2. The minimum atomic E-state index is -1.06. The van der Waals surface area contributed by atoms with Crippen LogP contribution in [-0.4, -0.2) is 30.6 Å². The lowest BCUT2D eigenvalue weighted by Crippen LogP contribution is -2.57. The third kappa shape index (κ3) is 3.81. The number of hydrogen-bond donors (Lipinski definition) is 2. The quantitative estimate of drug-likeness (QED) is 0.689. The number of ether oxygens (including phenoxy) is 1. The summed E-state index contributed by atoms with van der Waals surface area (Å²) in [6.45, 7) is 8.74. The van der Waals surface area contributed by atoms with E-state index in [1.807, 2.05) is 20.8 Å². The smallest absolute Gasteiger partial charge is 0.330 e. The van der Waals surface area contributed by atoms with E-state index in [0.29, 0.717) is 0 Å². The number of nitrogens with two attached hydrogens (primary N) is 1. The predicted molar refractivity (Wildman–Crippen MR) is 61.7 cm³/mol. The first-order chi connectivity index (χ1) is 7.02. The second kappa shape index (κ2) is 4.82. The summed E-state index contributed by atoms with van der Waals surface area (Å²) in [6.07, 6.45) is 0. The Morgan fingerprint density at radius 1 is 1.19 bits per heavy atom. The fourth-order valence-electron chi connectivity index (χ4n) is 1.09. The van der Waals surface area contributed by atoms with Crippen LogP contribution in [0.5, 0.6) is 0 Å². The molecule has 0 aliphatic rings. The Bertz CT molecular complexity index is 279. The highest BCUT2D eigenvalue weighted by molar-refractivity contribution is 5.90. The van der Waals surface area contributed by atoms with Gasteiger partial charge in [0.25, 0.3) is 0 Å². The zero-order valence-corrected chi connectivity index (χ0v) is 10.9. The Morgan fingerprint density at radius 3 is 1.94 bits per heavy atom. The van der Waals surface area contributed by atoms with Crippen LogP contribution in [0.2, 0.25) is 0 Å². The molecule has 1 atom stereocenters. The first-order valence-electron chi connectivity index (χ1n) is 5.18. The maximum absolute atomic E-state index is 11.8. The number of methoxy groups -OCH3 is 1. The average Bonchev–Trinajstić information content (AvgIpc) is 2.12. The van der Waals surface area contributed by atoms with E-state index in [1.165, 1.54) is 7.11 Å². The van der Waals surface area contributed by atoms with Crippen molar-refractivity contribution in [3.05, 3.63) is 0 Å². The number of esters is 1. The highest BCUT2D eigenvalue weighted by Crippen LogP contribution is 2.18. The summed E-state index contributed by atoms with van der Waals surface area (Å²) in [5.41, 5.74) is 4.37. The molecule has 5 heteroatoms. The van der Waals surface area contributed by atoms with Crippen molar-refractivity contribution in [2.24, 2.45) is 11.1 Å². The molecule has 3 N–H and O–H groups in total. The molecule has 0 spiro atoms. The lowest BCUT2D eigenvalue weighted by molar-refractivity contribution is -0.149. The Kier molecular flexibility index (Phi) is 4.49. The molecule has 0 aliphatic carbocycles. The number of amides is 1. The van der Waals surface area contributed by atoms with Gasteiger partial charge in [0.2, 0.25) is 5.91 Å². The standard InChI is InChI=1S/C11H22N2O3/c1-10(2,3)7(12)8(14)13-11(4,5)9(15)16-6/h7H,12H2,1-6H3,(H,13,14)/t7-/m0/s1. The molecule has 94 valence electrons. The van der Waals surface area contributed by atoms with Crippen LogP contribution in [0.3, 0.4) is 0 Å². The van der Waals surface area contributed by atoms with Crippen molar-refractivity contribution in [1.82, 2.24) is 5.32 Å². The molecule has 0 rings (SSSR count). The van der Waals surface area contributed by atoms with Crippen LogP contribution in [-0.2, 0) is 14.3 Å². The van der Waals surface area contributed by atoms with Crippen molar-refractivity contribution >= 4 is 11.9 Å². The van der Waals surface area contributed by atoms with Gasteiger partial charge in [0, 0.05) is 0 Å². The van der Waals surface area contributed by atoms with Crippen LogP contribution in [0, 0.1) is 5.41 Å². The topological polar surface area (TPSA) is 81.4 Å². The molecule has 0 fully saturated rings. The van der Waals surface area contributed by atoms with Gasteiger partial charge >= 0.3 is 5.97 Å². The van der Waals surface area contributed by atoms with Crippen molar-refractivity contribution in [3.8, 4) is 0 Å². The molecule has 0 heterocycles. The minimum Gasteiger partial charge on any atom is -0.467 e. The molecule has 0 bridgehead atoms. The first kappa shape index (κ1) is 14.9. The summed E-state index contributed by atoms with van der Waals surface area (Å²) in [5, 5.41) is 2.57. The third-order valence-electron chi connectivity index (χ3n) is 2.35. The fraction of sp³-hybridized carbons (Fsp3) is 0.818. The van der Waals surface area contributed by atoms with Crippen LogP contribution < -0.4 is 11.1 Å². The molecule has 0 aromatic rings. The summed E-state index contributed by atoms with van der Waals surface area (Å²) < 4.78 is 4.59. The number of rotatable bonds is 3. The first-order valence-corrected chi connectivity index (χ1v) is 5.18. The van der Waals surface area contributed by atoms with E-state index < -0.39 is 17.6 Å². The largest absolute Gasteiger partial charge is 0.467 e. The van der Waals surface area contributed by atoms with E-state index in [-0.39, 0.29) is 11.3 Å². The van der Waals surface area contributed by atoms with E-state index in [2.05, 4.69) is 10.1 Å². The molecule has 0 saturated heterocycles. The van der Waals surface area contributed by atoms with Crippen molar-refractivity contribution < 1.29 is 14.3 Å². The minimum absolute atomic E-state index is 0.351. The summed E-state index contributed by atoms with van der Waals surface area (Å²) >= 11 is 0. The molecular weight excluding hydrogens is 208 g/mol. The summed E-state index contributed by atoms with van der Waals surface area (Å²) in [6, 6.07) is -0.670. The molecule has 5 nitrogen and oxygen atoms in total. The van der Waals surface area contributed by atoms with Gasteiger partial charge < -0.3 is 15.8 Å². The van der Waals surface area contributed by atoms with Gasteiger partial charge in [-0.1, -0.05) is 20.8 Å². The fourth-order valence-corrected chi connectivity index (χ4v) is 1.09. The highest BCUT2D eigenvalue weighted by Gasteiger charge is 2.35. The Balaban J connectivity index is 4.63. The van der Waals surface area contributed by atoms with Gasteiger partial charge in [0.15, 0.2) is 0 Å². The van der Waals surface area contributed by atoms with Crippen LogP contribution >= 0.6 is 0 Å². The van der Waals surface area contributed by atoms with Gasteiger partial charge in [-0.05, 0) is 19.3 Å². The molecule has 0 aromatic heterocycles. The number of carbonyl (C=O) groups is 2. The SMILES string of the molecule is COC(=O)C(C)(C)NC(=O)[C@H](N)C(C)(C)C. The van der Waals surface area contributed by atoms with Crippen LogP contribution in [0.1, 0.15) is 34.6 Å². The van der Waals surface area contributed by atoms with E-state index in [9.17, 15) is 9.59 Å². The Hall–Kier alpha value is -1.10. The van der Waals surface area contributed by atoms with Gasteiger partial charge in [-0.15, -0.1) is 0 Å². The van der Waals surface area contributed by atoms with Gasteiger partial charge in [-0.3, -0.25) is 4.79 Å². The molecule has 0 unspecified atom stereocenters. The number of hydrogen-bond acceptors (Lipinski definition) is 4. The summed E-state index contributed by atoms with van der Waals surface area (Å²) in [4.78, 5) is 23.1. The van der Waals surface area contributed by atoms with Crippen molar-refractivity contribution in [3.63, 3.8) is 0 Å². The average molecular weight is 230 g/mol. The number of nitrogens with one attached hydrogen (secondary N) is 1. The van der Waals surface area contributed by atoms with Crippen molar-refractivity contribution in [2.75, 3.05) is 7.11 Å². The van der Waals surface area contributed by atoms with E-state index in [4.69, 9.17) is 5.73 Å². The highest BCUT2D eigenvalue weighted by atomic mass is 16.5. The molecule has 0 radical (unpaired) electrons. The third-order valence-corrected chi connectivity index (χ3v) is 2.35. The maximum Gasteiger partial charge on any atom is 0.330 e. The molecule has 16 heavy (non-hydrogen) atoms. The lowest BCUT2D eigenvalue weighted by atomic mass is 9.86. The van der Waals surface area contributed by atoms with Gasteiger partial charge in [-0.2, -0.15) is 0 Å². The Morgan fingerprint density at radius 2 is 1.62 bits per heavy atom. The zero-order valence-electron chi connectivity index (χ0n) is 10.9.